The van der Waals surface area contributed by atoms with E-state index < -0.39 is 11.7 Å². The summed E-state index contributed by atoms with van der Waals surface area (Å²) < 4.78 is 18.7. The molecule has 0 aromatic heterocycles. The van der Waals surface area contributed by atoms with Crippen LogP contribution in [0.5, 0.6) is 0 Å². The second kappa shape index (κ2) is 6.67. The molecular weight excluding hydrogens is 275 g/mol. The van der Waals surface area contributed by atoms with E-state index in [1.165, 1.54) is 11.0 Å². The Kier molecular flexibility index (Phi) is 4.90. The second-order valence-electron chi connectivity index (χ2n) is 5.22. The molecule has 1 aromatic carbocycles. The van der Waals surface area contributed by atoms with Gasteiger partial charge in [0.05, 0.1) is 18.2 Å². The summed E-state index contributed by atoms with van der Waals surface area (Å²) in [6.45, 7) is 2.43. The molecule has 114 valence electrons. The maximum absolute atomic E-state index is 13.7. The lowest BCUT2D eigenvalue weighted by Crippen LogP contribution is -2.40. The van der Waals surface area contributed by atoms with Gasteiger partial charge in [0.2, 0.25) is 11.8 Å². The first-order chi connectivity index (χ1) is 10.0. The Morgan fingerprint density at radius 1 is 1.52 bits per heavy atom. The van der Waals surface area contributed by atoms with Gasteiger partial charge in [0.15, 0.2) is 0 Å². The predicted octanol–water partition coefficient (Wildman–Crippen LogP) is 1.33. The van der Waals surface area contributed by atoms with Crippen molar-refractivity contribution in [1.82, 2.24) is 5.32 Å². The number of hydrogen-bond donors (Lipinski definition) is 1. The first-order valence-corrected chi connectivity index (χ1v) is 6.87. The molecule has 0 aliphatic carbocycles. The van der Waals surface area contributed by atoms with Crippen LogP contribution in [0.25, 0.3) is 0 Å². The van der Waals surface area contributed by atoms with Crippen LogP contribution in [0.3, 0.4) is 0 Å². The lowest BCUT2D eigenvalue weighted by molar-refractivity contribution is -0.127. The van der Waals surface area contributed by atoms with Crippen LogP contribution in [0.4, 0.5) is 10.1 Å². The van der Waals surface area contributed by atoms with Crippen molar-refractivity contribution in [3.63, 3.8) is 0 Å². The van der Waals surface area contributed by atoms with Crippen LogP contribution in [-0.2, 0) is 14.3 Å². The number of para-hydroxylation sites is 1. The van der Waals surface area contributed by atoms with Crippen LogP contribution >= 0.6 is 0 Å². The topological polar surface area (TPSA) is 58.6 Å². The highest BCUT2D eigenvalue weighted by molar-refractivity contribution is 6.00. The molecule has 2 atom stereocenters. The van der Waals surface area contributed by atoms with Crippen molar-refractivity contribution in [2.75, 3.05) is 25.2 Å². The number of anilines is 1. The minimum absolute atomic E-state index is 0.0971. The first kappa shape index (κ1) is 15.4. The molecule has 0 bridgehead atoms. The van der Waals surface area contributed by atoms with Gasteiger partial charge in [0.1, 0.15) is 5.82 Å². The van der Waals surface area contributed by atoms with Crippen molar-refractivity contribution in [3.05, 3.63) is 30.1 Å². The highest BCUT2D eigenvalue weighted by Gasteiger charge is 2.36. The average molecular weight is 294 g/mol. The number of methoxy groups -OCH3 is 1. The molecule has 6 heteroatoms. The molecule has 0 saturated carbocycles. The summed E-state index contributed by atoms with van der Waals surface area (Å²) in [4.78, 5) is 25.4. The van der Waals surface area contributed by atoms with Crippen LogP contribution < -0.4 is 10.2 Å². The lowest BCUT2D eigenvalue weighted by Gasteiger charge is -2.18. The van der Waals surface area contributed by atoms with Gasteiger partial charge in [-0.1, -0.05) is 12.1 Å². The number of halogens is 1. The molecule has 1 heterocycles. The zero-order valence-corrected chi connectivity index (χ0v) is 12.1. The molecule has 0 radical (unpaired) electrons. The number of ether oxygens (including phenoxy) is 1. The van der Waals surface area contributed by atoms with Gasteiger partial charge in [-0.3, -0.25) is 9.59 Å². The van der Waals surface area contributed by atoms with Crippen LogP contribution in [0.1, 0.15) is 13.3 Å². The second-order valence-corrected chi connectivity index (χ2v) is 5.22. The van der Waals surface area contributed by atoms with Gasteiger partial charge >= 0.3 is 0 Å². The molecule has 5 nitrogen and oxygen atoms in total. The fourth-order valence-electron chi connectivity index (χ4n) is 2.44. The van der Waals surface area contributed by atoms with Gasteiger partial charge in [-0.25, -0.2) is 4.39 Å². The Labute approximate surface area is 123 Å². The Bertz CT molecular complexity index is 535. The van der Waals surface area contributed by atoms with Crippen LogP contribution in [0.15, 0.2) is 24.3 Å². The minimum atomic E-state index is -0.462. The summed E-state index contributed by atoms with van der Waals surface area (Å²) in [5.41, 5.74) is 0.225. The number of carbonyl (C=O) groups is 2. The van der Waals surface area contributed by atoms with E-state index in [-0.39, 0.29) is 36.5 Å². The van der Waals surface area contributed by atoms with Crippen LogP contribution in [-0.4, -0.2) is 38.1 Å². The zero-order chi connectivity index (χ0) is 15.4. The maximum Gasteiger partial charge on any atom is 0.227 e. The molecule has 1 fully saturated rings. The lowest BCUT2D eigenvalue weighted by atomic mass is 10.1. The highest BCUT2D eigenvalue weighted by atomic mass is 19.1. The van der Waals surface area contributed by atoms with E-state index in [0.29, 0.717) is 6.61 Å². The van der Waals surface area contributed by atoms with E-state index in [4.69, 9.17) is 4.74 Å². The Hall–Kier alpha value is -1.95. The average Bonchev–Trinajstić information content (AvgIpc) is 2.81. The molecule has 0 spiro atoms. The molecule has 1 aliphatic heterocycles. The number of nitrogens with one attached hydrogen (secondary N) is 1. The number of benzene rings is 1. The fraction of sp³-hybridized carbons (Fsp3) is 0.467. The van der Waals surface area contributed by atoms with Gasteiger partial charge in [-0.05, 0) is 19.1 Å². The van der Waals surface area contributed by atoms with E-state index in [1.807, 2.05) is 6.92 Å². The maximum atomic E-state index is 13.7. The summed E-state index contributed by atoms with van der Waals surface area (Å²) in [5, 5.41) is 2.79. The van der Waals surface area contributed by atoms with Crippen molar-refractivity contribution < 1.29 is 18.7 Å². The third-order valence-corrected chi connectivity index (χ3v) is 3.44. The monoisotopic (exact) mass is 294 g/mol. The summed E-state index contributed by atoms with van der Waals surface area (Å²) >= 11 is 0. The Balaban J connectivity index is 2.03. The number of rotatable bonds is 5. The van der Waals surface area contributed by atoms with Crippen LogP contribution in [0.2, 0.25) is 0 Å². The smallest absolute Gasteiger partial charge is 0.227 e. The van der Waals surface area contributed by atoms with Crippen molar-refractivity contribution in [2.24, 2.45) is 5.92 Å². The van der Waals surface area contributed by atoms with E-state index >= 15 is 0 Å². The third-order valence-electron chi connectivity index (χ3n) is 3.44. The van der Waals surface area contributed by atoms with E-state index in [9.17, 15) is 14.0 Å². The molecule has 2 unspecified atom stereocenters. The highest BCUT2D eigenvalue weighted by Crippen LogP contribution is 2.27. The Morgan fingerprint density at radius 3 is 2.90 bits per heavy atom. The van der Waals surface area contributed by atoms with Gasteiger partial charge in [-0.15, -0.1) is 0 Å². The summed E-state index contributed by atoms with van der Waals surface area (Å²) in [6, 6.07) is 5.95. The molecule has 1 aromatic rings. The van der Waals surface area contributed by atoms with E-state index in [1.54, 1.807) is 25.3 Å². The molecular formula is C15H19FN2O3. The van der Waals surface area contributed by atoms with Gasteiger partial charge in [0, 0.05) is 26.1 Å². The number of carbonyl (C=O) groups excluding carboxylic acids is 2. The van der Waals surface area contributed by atoms with Crippen molar-refractivity contribution in [3.8, 4) is 0 Å². The van der Waals surface area contributed by atoms with Crippen LogP contribution in [0, 0.1) is 11.7 Å². The predicted molar refractivity (Wildman–Crippen MR) is 76.3 cm³/mol. The van der Waals surface area contributed by atoms with Crippen molar-refractivity contribution in [2.45, 2.75) is 19.4 Å². The number of amides is 2. The fourth-order valence-corrected chi connectivity index (χ4v) is 2.44. The molecule has 1 saturated heterocycles. The molecule has 1 aliphatic rings. The first-order valence-electron chi connectivity index (χ1n) is 6.87. The van der Waals surface area contributed by atoms with E-state index in [0.717, 1.165) is 0 Å². The standard InChI is InChI=1S/C15H19FN2O3/c1-10(9-21-2)17-15(20)11-7-14(19)18(8-11)13-6-4-3-5-12(13)16/h3-6,10-11H,7-9H2,1-2H3,(H,17,20). The summed E-state index contributed by atoms with van der Waals surface area (Å²) in [6.07, 6.45) is 0.0971. The summed E-state index contributed by atoms with van der Waals surface area (Å²) in [5.74, 6) is -1.36. The molecule has 21 heavy (non-hydrogen) atoms. The number of hydrogen-bond acceptors (Lipinski definition) is 3. The summed E-state index contributed by atoms with van der Waals surface area (Å²) in [7, 11) is 1.56. The molecule has 1 N–H and O–H groups in total. The molecule has 2 amide bonds. The normalized spacial score (nSPS) is 19.7. The van der Waals surface area contributed by atoms with Gasteiger partial charge in [0.25, 0.3) is 0 Å². The third kappa shape index (κ3) is 3.58. The quantitative estimate of drug-likeness (QED) is 0.891. The Morgan fingerprint density at radius 2 is 2.24 bits per heavy atom. The molecule has 2 rings (SSSR count). The van der Waals surface area contributed by atoms with Crippen molar-refractivity contribution in [1.29, 1.82) is 0 Å². The SMILES string of the molecule is COCC(C)NC(=O)C1CC(=O)N(c2ccccc2F)C1. The van der Waals surface area contributed by atoms with Crippen molar-refractivity contribution >= 4 is 17.5 Å². The zero-order valence-electron chi connectivity index (χ0n) is 12.1. The van der Waals surface area contributed by atoms with Gasteiger partial charge in [-0.2, -0.15) is 0 Å². The largest absolute Gasteiger partial charge is 0.383 e. The van der Waals surface area contributed by atoms with Gasteiger partial charge < -0.3 is 15.0 Å². The minimum Gasteiger partial charge on any atom is -0.383 e. The van der Waals surface area contributed by atoms with E-state index in [2.05, 4.69) is 5.32 Å². The number of nitrogens with zero attached hydrogens (tertiary/aromatic N) is 1.